The van der Waals surface area contributed by atoms with Crippen molar-refractivity contribution in [2.75, 3.05) is 11.1 Å². The van der Waals surface area contributed by atoms with Gasteiger partial charge in [-0.15, -0.1) is 0 Å². The zero-order valence-electron chi connectivity index (χ0n) is 13.1. The average molecular weight is 292 g/mol. The lowest BCUT2D eigenvalue weighted by Crippen LogP contribution is -2.38. The number of carbonyl (C=O) groups excluding carboxylic acids is 1. The molecule has 1 aliphatic carbocycles. The number of nitrogens with two attached hydrogens (primary N) is 1. The fraction of sp³-hybridized carbons (Fsp3) is 0.600. The highest BCUT2D eigenvalue weighted by Gasteiger charge is 2.25. The summed E-state index contributed by atoms with van der Waals surface area (Å²) in [6, 6.07) is 3.46. The first-order chi connectivity index (χ1) is 9.74. The van der Waals surface area contributed by atoms with Crippen molar-refractivity contribution in [2.45, 2.75) is 58.2 Å². The normalized spacial score (nSPS) is 16.2. The highest BCUT2D eigenvalue weighted by atomic mass is 16.5. The topological polar surface area (TPSA) is 89.3 Å². The number of nitrogens with zero attached hydrogens (tertiary/aromatic N) is 1. The molecule has 0 spiro atoms. The van der Waals surface area contributed by atoms with E-state index >= 15 is 0 Å². The quantitative estimate of drug-likeness (QED) is 0.771. The summed E-state index contributed by atoms with van der Waals surface area (Å²) in [4.78, 5) is 16.3. The molecule has 0 aromatic carbocycles. The maximum absolute atomic E-state index is 11.9. The smallest absolute Gasteiger partial charge is 0.242 e. The highest BCUT2D eigenvalue weighted by molar-refractivity contribution is 5.84. The summed E-state index contributed by atoms with van der Waals surface area (Å²) < 4.78 is 5.71. The molecule has 2 rings (SSSR count). The second-order valence-corrected chi connectivity index (χ2v) is 6.45. The first-order valence-corrected chi connectivity index (χ1v) is 7.27. The fourth-order valence-electron chi connectivity index (χ4n) is 1.74. The van der Waals surface area contributed by atoms with Crippen LogP contribution in [-0.4, -0.2) is 28.6 Å². The Labute approximate surface area is 125 Å². The predicted octanol–water partition coefficient (Wildman–Crippen LogP) is 1.92. The van der Waals surface area contributed by atoms with E-state index in [9.17, 15) is 4.79 Å². The van der Waals surface area contributed by atoms with Crippen molar-refractivity contribution in [1.82, 2.24) is 10.3 Å². The molecule has 1 heterocycles. The lowest BCUT2D eigenvalue weighted by Gasteiger charge is -2.22. The van der Waals surface area contributed by atoms with Crippen molar-refractivity contribution in [3.63, 3.8) is 0 Å². The fourth-order valence-corrected chi connectivity index (χ4v) is 1.74. The lowest BCUT2D eigenvalue weighted by molar-refractivity contribution is -0.121. The van der Waals surface area contributed by atoms with Crippen LogP contribution >= 0.6 is 0 Å². The number of pyridine rings is 1. The van der Waals surface area contributed by atoms with Crippen molar-refractivity contribution >= 4 is 17.4 Å². The van der Waals surface area contributed by atoms with Crippen LogP contribution in [0.2, 0.25) is 0 Å². The summed E-state index contributed by atoms with van der Waals surface area (Å²) in [7, 11) is 0. The molecule has 1 saturated carbocycles. The Hall–Kier alpha value is -1.98. The summed E-state index contributed by atoms with van der Waals surface area (Å²) in [6.45, 7) is 7.60. The molecule has 1 aliphatic rings. The van der Waals surface area contributed by atoms with E-state index in [4.69, 9.17) is 10.5 Å². The van der Waals surface area contributed by atoms with Gasteiger partial charge in [0.25, 0.3) is 0 Å². The maximum Gasteiger partial charge on any atom is 0.242 e. The first kappa shape index (κ1) is 15.4. The van der Waals surface area contributed by atoms with Crippen LogP contribution in [0.1, 0.15) is 40.5 Å². The molecule has 1 atom stereocenters. The summed E-state index contributed by atoms with van der Waals surface area (Å²) in [5.41, 5.74) is 5.96. The molecular weight excluding hydrogens is 268 g/mol. The molecule has 0 aliphatic heterocycles. The second kappa shape index (κ2) is 5.79. The number of nitrogen functional groups attached to an aromatic ring is 1. The van der Waals surface area contributed by atoms with Crippen LogP contribution in [0.15, 0.2) is 12.1 Å². The summed E-state index contributed by atoms with van der Waals surface area (Å²) >= 11 is 0. The van der Waals surface area contributed by atoms with Gasteiger partial charge in [0, 0.05) is 6.04 Å². The van der Waals surface area contributed by atoms with Gasteiger partial charge >= 0.3 is 0 Å². The minimum absolute atomic E-state index is 0.0191. The molecule has 21 heavy (non-hydrogen) atoms. The number of carbonyl (C=O) groups is 1. The Morgan fingerprint density at radius 1 is 1.43 bits per heavy atom. The van der Waals surface area contributed by atoms with Gasteiger partial charge in [0.15, 0.2) is 0 Å². The standard InChI is InChI=1S/C15H24N4O2/c1-9(13(20)18-10-5-6-10)17-12-8-7-11(16)14(19-12)21-15(2,3)4/h7-10H,5-6,16H2,1-4H3,(H,17,19)(H,18,20). The van der Waals surface area contributed by atoms with Gasteiger partial charge < -0.3 is 21.1 Å². The number of amides is 1. The Bertz CT molecular complexity index is 521. The molecule has 1 fully saturated rings. The van der Waals surface area contributed by atoms with Crippen molar-refractivity contribution in [1.29, 1.82) is 0 Å². The third kappa shape index (κ3) is 4.81. The molecule has 0 bridgehead atoms. The van der Waals surface area contributed by atoms with E-state index in [-0.39, 0.29) is 17.6 Å². The average Bonchev–Trinajstić information content (AvgIpc) is 3.15. The number of anilines is 2. The van der Waals surface area contributed by atoms with E-state index in [1.165, 1.54) is 0 Å². The van der Waals surface area contributed by atoms with E-state index < -0.39 is 0 Å². The van der Waals surface area contributed by atoms with Crippen molar-refractivity contribution < 1.29 is 9.53 Å². The predicted molar refractivity (Wildman–Crippen MR) is 83.3 cm³/mol. The van der Waals surface area contributed by atoms with Gasteiger partial charge in [-0.3, -0.25) is 4.79 Å². The largest absolute Gasteiger partial charge is 0.470 e. The molecule has 0 saturated heterocycles. The van der Waals surface area contributed by atoms with Crippen LogP contribution in [-0.2, 0) is 4.79 Å². The molecule has 1 unspecified atom stereocenters. The molecule has 1 amide bonds. The highest BCUT2D eigenvalue weighted by Crippen LogP contribution is 2.25. The summed E-state index contributed by atoms with van der Waals surface area (Å²) in [5, 5.41) is 6.02. The van der Waals surface area contributed by atoms with Crippen molar-refractivity contribution in [3.05, 3.63) is 12.1 Å². The van der Waals surface area contributed by atoms with E-state index in [1.807, 2.05) is 20.8 Å². The zero-order chi connectivity index (χ0) is 15.6. The van der Waals surface area contributed by atoms with Gasteiger partial charge in [-0.25, -0.2) is 0 Å². The van der Waals surface area contributed by atoms with Crippen LogP contribution in [0.5, 0.6) is 5.88 Å². The third-order valence-electron chi connectivity index (χ3n) is 2.97. The van der Waals surface area contributed by atoms with Gasteiger partial charge in [-0.1, -0.05) is 0 Å². The Morgan fingerprint density at radius 2 is 2.10 bits per heavy atom. The van der Waals surface area contributed by atoms with E-state index in [0.717, 1.165) is 12.8 Å². The summed E-state index contributed by atoms with van der Waals surface area (Å²) in [6.07, 6.45) is 2.14. The number of nitrogens with one attached hydrogen (secondary N) is 2. The lowest BCUT2D eigenvalue weighted by atomic mass is 10.2. The van der Waals surface area contributed by atoms with Gasteiger partial charge in [0.1, 0.15) is 17.5 Å². The number of ether oxygens (including phenoxy) is 1. The minimum atomic E-state index is -0.380. The molecule has 6 nitrogen and oxygen atoms in total. The van der Waals surface area contributed by atoms with Crippen LogP contribution in [0.3, 0.4) is 0 Å². The molecule has 6 heteroatoms. The molecule has 116 valence electrons. The van der Waals surface area contributed by atoms with E-state index in [2.05, 4.69) is 15.6 Å². The molecular formula is C15H24N4O2. The van der Waals surface area contributed by atoms with Crippen LogP contribution in [0.25, 0.3) is 0 Å². The van der Waals surface area contributed by atoms with Gasteiger partial charge in [0.05, 0.1) is 5.69 Å². The Kier molecular flexibility index (Phi) is 4.25. The van der Waals surface area contributed by atoms with Crippen molar-refractivity contribution in [2.24, 2.45) is 0 Å². The maximum atomic E-state index is 11.9. The monoisotopic (exact) mass is 292 g/mol. The molecule has 0 radical (unpaired) electrons. The molecule has 1 aromatic rings. The molecule has 4 N–H and O–H groups in total. The van der Waals surface area contributed by atoms with Gasteiger partial charge in [-0.05, 0) is 52.7 Å². The summed E-state index contributed by atoms with van der Waals surface area (Å²) in [5.74, 6) is 0.929. The number of rotatable bonds is 5. The van der Waals surface area contributed by atoms with E-state index in [0.29, 0.717) is 23.4 Å². The Morgan fingerprint density at radius 3 is 2.67 bits per heavy atom. The van der Waals surface area contributed by atoms with Crippen LogP contribution in [0, 0.1) is 0 Å². The third-order valence-corrected chi connectivity index (χ3v) is 2.97. The molecule has 1 aromatic heterocycles. The number of hydrogen-bond donors (Lipinski definition) is 3. The van der Waals surface area contributed by atoms with Crippen molar-refractivity contribution in [3.8, 4) is 5.88 Å². The van der Waals surface area contributed by atoms with Crippen LogP contribution in [0.4, 0.5) is 11.5 Å². The van der Waals surface area contributed by atoms with Gasteiger partial charge in [0.2, 0.25) is 11.8 Å². The first-order valence-electron chi connectivity index (χ1n) is 7.27. The van der Waals surface area contributed by atoms with Gasteiger partial charge in [-0.2, -0.15) is 4.98 Å². The van der Waals surface area contributed by atoms with E-state index in [1.54, 1.807) is 19.1 Å². The second-order valence-electron chi connectivity index (χ2n) is 6.45. The minimum Gasteiger partial charge on any atom is -0.470 e. The number of hydrogen-bond acceptors (Lipinski definition) is 5. The van der Waals surface area contributed by atoms with Crippen LogP contribution < -0.4 is 21.1 Å². The number of aromatic nitrogens is 1. The SMILES string of the molecule is CC(Nc1ccc(N)c(OC(C)(C)C)n1)C(=O)NC1CC1. The zero-order valence-corrected chi connectivity index (χ0v) is 13.1. The Balaban J connectivity index is 2.02.